The molecule has 0 fully saturated rings. The van der Waals surface area contributed by atoms with Gasteiger partial charge in [0.2, 0.25) is 0 Å². The van der Waals surface area contributed by atoms with E-state index in [0.29, 0.717) is 31.0 Å². The van der Waals surface area contributed by atoms with Gasteiger partial charge in [0.1, 0.15) is 11.6 Å². The zero-order chi connectivity index (χ0) is 19.2. The highest BCUT2D eigenvalue weighted by Crippen LogP contribution is 2.16. The number of benzene rings is 2. The Morgan fingerprint density at radius 3 is 2.50 bits per heavy atom. The average Bonchev–Trinajstić information content (AvgIpc) is 2.58. The Morgan fingerprint density at radius 1 is 1.19 bits per heavy atom. The average molecular weight is 380 g/mol. The number of anilines is 1. The van der Waals surface area contributed by atoms with Crippen molar-refractivity contribution >= 4 is 21.6 Å². The molecule has 0 aromatic heterocycles. The van der Waals surface area contributed by atoms with Crippen molar-refractivity contribution in [3.8, 4) is 5.75 Å². The van der Waals surface area contributed by atoms with Crippen LogP contribution in [-0.2, 0) is 9.84 Å². The lowest BCUT2D eigenvalue weighted by Crippen LogP contribution is -2.32. The van der Waals surface area contributed by atoms with Crippen LogP contribution in [0.4, 0.5) is 14.9 Å². The summed E-state index contributed by atoms with van der Waals surface area (Å²) >= 11 is 0. The fourth-order valence-electron chi connectivity index (χ4n) is 2.16. The van der Waals surface area contributed by atoms with Crippen LogP contribution in [0.3, 0.4) is 0 Å². The topological polar surface area (TPSA) is 75.7 Å². The molecular formula is C18H21FN2O4S. The van der Waals surface area contributed by atoms with E-state index in [1.807, 2.05) is 0 Å². The first-order chi connectivity index (χ1) is 12.3. The number of rotatable bonds is 7. The van der Waals surface area contributed by atoms with Gasteiger partial charge in [-0.25, -0.2) is 17.6 Å². The van der Waals surface area contributed by atoms with Crippen molar-refractivity contribution in [2.24, 2.45) is 0 Å². The highest BCUT2D eigenvalue weighted by molar-refractivity contribution is 7.90. The van der Waals surface area contributed by atoms with Crippen LogP contribution < -0.4 is 10.1 Å². The Morgan fingerprint density at radius 2 is 1.88 bits per heavy atom. The van der Waals surface area contributed by atoms with E-state index in [9.17, 15) is 17.6 Å². The molecule has 0 heterocycles. The molecule has 8 heteroatoms. The summed E-state index contributed by atoms with van der Waals surface area (Å²) in [5, 5.41) is 2.61. The number of hydrogen-bond acceptors (Lipinski definition) is 4. The van der Waals surface area contributed by atoms with E-state index in [4.69, 9.17) is 4.74 Å². The Balaban J connectivity index is 1.74. The third kappa shape index (κ3) is 6.03. The molecule has 1 N–H and O–H groups in total. The van der Waals surface area contributed by atoms with E-state index in [-0.39, 0.29) is 10.9 Å². The molecule has 2 aromatic carbocycles. The number of carbonyl (C=O) groups excluding carboxylic acids is 1. The highest BCUT2D eigenvalue weighted by Gasteiger charge is 2.09. The summed E-state index contributed by atoms with van der Waals surface area (Å²) in [5.74, 6) is 0.144. The van der Waals surface area contributed by atoms with Gasteiger partial charge in [0.05, 0.1) is 11.5 Å². The maximum atomic E-state index is 13.1. The summed E-state index contributed by atoms with van der Waals surface area (Å²) in [6, 6.07) is 11.5. The Kier molecular flexibility index (Phi) is 6.57. The number of nitrogens with zero attached hydrogens (tertiary/aromatic N) is 1. The van der Waals surface area contributed by atoms with E-state index in [1.165, 1.54) is 35.2 Å². The smallest absolute Gasteiger partial charge is 0.321 e. The molecule has 0 saturated heterocycles. The van der Waals surface area contributed by atoms with Crippen LogP contribution in [0.2, 0.25) is 0 Å². The SMILES string of the molecule is CN(CCCOc1ccc(S(C)(=O)=O)cc1)C(=O)Nc1cccc(F)c1. The predicted octanol–water partition coefficient (Wildman–Crippen LogP) is 3.16. The minimum Gasteiger partial charge on any atom is -0.494 e. The molecule has 0 aliphatic heterocycles. The summed E-state index contributed by atoms with van der Waals surface area (Å²) < 4.78 is 41.4. The van der Waals surface area contributed by atoms with Crippen LogP contribution >= 0.6 is 0 Å². The molecule has 0 unspecified atom stereocenters. The van der Waals surface area contributed by atoms with E-state index < -0.39 is 15.7 Å². The molecule has 0 aliphatic rings. The second-order valence-electron chi connectivity index (χ2n) is 5.81. The third-order valence-corrected chi connectivity index (χ3v) is 4.71. The Bertz CT molecular complexity index is 854. The Labute approximate surface area is 152 Å². The van der Waals surface area contributed by atoms with Crippen LogP contribution in [-0.4, -0.2) is 45.8 Å². The van der Waals surface area contributed by atoms with E-state index in [1.54, 1.807) is 25.2 Å². The predicted molar refractivity (Wildman–Crippen MR) is 97.7 cm³/mol. The van der Waals surface area contributed by atoms with Crippen LogP contribution in [0.5, 0.6) is 5.75 Å². The first kappa shape index (κ1) is 19.7. The maximum absolute atomic E-state index is 13.1. The monoisotopic (exact) mass is 380 g/mol. The van der Waals surface area contributed by atoms with Gasteiger partial charge in [0.15, 0.2) is 9.84 Å². The van der Waals surface area contributed by atoms with Gasteiger partial charge in [-0.3, -0.25) is 0 Å². The van der Waals surface area contributed by atoms with Gasteiger partial charge in [-0.15, -0.1) is 0 Å². The van der Waals surface area contributed by atoms with E-state index in [2.05, 4.69) is 5.32 Å². The van der Waals surface area contributed by atoms with Crippen molar-refractivity contribution in [1.29, 1.82) is 0 Å². The van der Waals surface area contributed by atoms with E-state index in [0.717, 1.165) is 6.26 Å². The van der Waals surface area contributed by atoms with Crippen molar-refractivity contribution in [1.82, 2.24) is 4.90 Å². The Hall–Kier alpha value is -2.61. The lowest BCUT2D eigenvalue weighted by Gasteiger charge is -2.18. The molecule has 0 radical (unpaired) electrons. The number of sulfone groups is 1. The number of ether oxygens (including phenoxy) is 1. The summed E-state index contributed by atoms with van der Waals surface area (Å²) in [6.45, 7) is 0.818. The summed E-state index contributed by atoms with van der Waals surface area (Å²) in [4.78, 5) is 13.7. The number of nitrogens with one attached hydrogen (secondary N) is 1. The molecule has 6 nitrogen and oxygen atoms in total. The molecule has 0 aliphatic carbocycles. The highest BCUT2D eigenvalue weighted by atomic mass is 32.2. The van der Waals surface area contributed by atoms with Gasteiger partial charge < -0.3 is 15.0 Å². The van der Waals surface area contributed by atoms with Gasteiger partial charge in [0.25, 0.3) is 0 Å². The van der Waals surface area contributed by atoms with Crippen molar-refractivity contribution in [3.63, 3.8) is 0 Å². The second-order valence-corrected chi connectivity index (χ2v) is 7.82. The zero-order valence-electron chi connectivity index (χ0n) is 14.6. The normalized spacial score (nSPS) is 11.0. The number of hydrogen-bond donors (Lipinski definition) is 1. The van der Waals surface area contributed by atoms with Gasteiger partial charge >= 0.3 is 6.03 Å². The minimum atomic E-state index is -3.22. The van der Waals surface area contributed by atoms with E-state index >= 15 is 0 Å². The van der Waals surface area contributed by atoms with Crippen molar-refractivity contribution < 1.29 is 22.3 Å². The lowest BCUT2D eigenvalue weighted by atomic mass is 10.3. The van der Waals surface area contributed by atoms with Crippen molar-refractivity contribution in [2.75, 3.05) is 31.8 Å². The van der Waals surface area contributed by atoms with Crippen LogP contribution in [0.1, 0.15) is 6.42 Å². The standard InChI is InChI=1S/C18H21FN2O4S/c1-21(18(22)20-15-6-3-5-14(19)13-15)11-4-12-25-16-7-9-17(10-8-16)26(2,23)24/h3,5-10,13H,4,11-12H2,1-2H3,(H,20,22). The largest absolute Gasteiger partial charge is 0.494 e. The van der Waals surface area contributed by atoms with Crippen molar-refractivity contribution in [3.05, 3.63) is 54.3 Å². The number of carbonyl (C=O) groups is 1. The van der Waals surface area contributed by atoms with Gasteiger partial charge in [-0.1, -0.05) is 6.07 Å². The molecule has 0 atom stereocenters. The number of halogens is 1. The molecule has 0 saturated carbocycles. The van der Waals surface area contributed by atoms with Gasteiger partial charge in [0, 0.05) is 25.5 Å². The fraction of sp³-hybridized carbons (Fsp3) is 0.278. The lowest BCUT2D eigenvalue weighted by molar-refractivity contribution is 0.216. The molecule has 0 spiro atoms. The van der Waals surface area contributed by atoms with Crippen molar-refractivity contribution in [2.45, 2.75) is 11.3 Å². The number of amides is 2. The first-order valence-corrected chi connectivity index (χ1v) is 9.85. The van der Waals surface area contributed by atoms with Gasteiger partial charge in [-0.05, 0) is 48.9 Å². The molecule has 140 valence electrons. The third-order valence-electron chi connectivity index (χ3n) is 3.58. The molecule has 26 heavy (non-hydrogen) atoms. The molecule has 2 rings (SSSR count). The maximum Gasteiger partial charge on any atom is 0.321 e. The molecule has 0 bridgehead atoms. The second kappa shape index (κ2) is 8.66. The molecular weight excluding hydrogens is 359 g/mol. The zero-order valence-corrected chi connectivity index (χ0v) is 15.4. The quantitative estimate of drug-likeness (QED) is 0.749. The van der Waals surface area contributed by atoms with Gasteiger partial charge in [-0.2, -0.15) is 0 Å². The summed E-state index contributed by atoms with van der Waals surface area (Å²) in [5.41, 5.74) is 0.393. The molecule has 2 aromatic rings. The minimum absolute atomic E-state index is 0.235. The first-order valence-electron chi connectivity index (χ1n) is 7.96. The molecule has 2 amide bonds. The van der Waals surface area contributed by atoms with Crippen LogP contribution in [0.25, 0.3) is 0 Å². The fourth-order valence-corrected chi connectivity index (χ4v) is 2.79. The van der Waals surface area contributed by atoms with Crippen LogP contribution in [0.15, 0.2) is 53.4 Å². The summed E-state index contributed by atoms with van der Waals surface area (Å²) in [7, 11) is -1.59. The summed E-state index contributed by atoms with van der Waals surface area (Å²) in [6.07, 6.45) is 1.73. The number of urea groups is 1. The van der Waals surface area contributed by atoms with Crippen LogP contribution in [0, 0.1) is 5.82 Å².